The van der Waals surface area contributed by atoms with Crippen molar-refractivity contribution in [2.24, 2.45) is 4.99 Å². The van der Waals surface area contributed by atoms with Crippen LogP contribution in [0.2, 0.25) is 10.0 Å². The van der Waals surface area contributed by atoms with Gasteiger partial charge in [-0.15, -0.1) is 0 Å². The maximum atomic E-state index is 11.3. The van der Waals surface area contributed by atoms with Crippen LogP contribution in [0.3, 0.4) is 0 Å². The second-order valence-electron chi connectivity index (χ2n) is 3.94. The molecule has 3 nitrogen and oxygen atoms in total. The van der Waals surface area contributed by atoms with Gasteiger partial charge in [0.2, 0.25) is 0 Å². The lowest BCUT2D eigenvalue weighted by Crippen LogP contribution is -2.00. The average Bonchev–Trinajstić information content (AvgIpc) is 2.48. The van der Waals surface area contributed by atoms with Crippen LogP contribution in [0.5, 0.6) is 0 Å². The Morgan fingerprint density at radius 2 is 1.85 bits per heavy atom. The molecular formula is C15H11Cl2NO2. The van der Waals surface area contributed by atoms with Crippen molar-refractivity contribution < 1.29 is 9.53 Å². The first kappa shape index (κ1) is 14.6. The fraction of sp³-hybridized carbons (Fsp3) is 0.0667. The topological polar surface area (TPSA) is 38.7 Å². The predicted molar refractivity (Wildman–Crippen MR) is 81.5 cm³/mol. The van der Waals surface area contributed by atoms with Crippen LogP contribution in [0, 0.1) is 0 Å². The standard InChI is InChI=1S/C15H11Cl2NO2/c1-20-15(19)11-7-5-10(6-8-11)9-18-13-4-2-3-12(16)14(13)17/h2-9H,1H3/b18-9+. The third-order valence-electron chi connectivity index (χ3n) is 2.62. The number of hydrogen-bond donors (Lipinski definition) is 0. The molecule has 0 fully saturated rings. The maximum Gasteiger partial charge on any atom is 0.337 e. The van der Waals surface area contributed by atoms with Gasteiger partial charge in [0.15, 0.2) is 0 Å². The second-order valence-corrected chi connectivity index (χ2v) is 4.73. The van der Waals surface area contributed by atoms with Crippen molar-refractivity contribution >= 4 is 41.1 Å². The number of carbonyl (C=O) groups is 1. The highest BCUT2D eigenvalue weighted by Crippen LogP contribution is 2.31. The molecule has 0 aromatic heterocycles. The molecule has 0 radical (unpaired) electrons. The number of nitrogens with zero attached hydrogens (tertiary/aromatic N) is 1. The summed E-state index contributed by atoms with van der Waals surface area (Å²) in [6.07, 6.45) is 1.65. The minimum Gasteiger partial charge on any atom is -0.465 e. The Hall–Kier alpha value is -1.84. The first-order valence-corrected chi connectivity index (χ1v) is 6.54. The van der Waals surface area contributed by atoms with Crippen LogP contribution < -0.4 is 0 Å². The lowest BCUT2D eigenvalue weighted by atomic mass is 10.1. The van der Waals surface area contributed by atoms with Gasteiger partial charge in [-0.2, -0.15) is 0 Å². The SMILES string of the molecule is COC(=O)c1ccc(/C=N/c2cccc(Cl)c2Cl)cc1. The van der Waals surface area contributed by atoms with Crippen molar-refractivity contribution in [2.45, 2.75) is 0 Å². The lowest BCUT2D eigenvalue weighted by Gasteiger charge is -2.01. The minimum absolute atomic E-state index is 0.369. The highest BCUT2D eigenvalue weighted by atomic mass is 35.5. The molecule has 0 N–H and O–H groups in total. The molecule has 0 unspecified atom stereocenters. The van der Waals surface area contributed by atoms with E-state index in [0.29, 0.717) is 21.3 Å². The van der Waals surface area contributed by atoms with Crippen molar-refractivity contribution in [1.29, 1.82) is 0 Å². The predicted octanol–water partition coefficient (Wildman–Crippen LogP) is 4.53. The summed E-state index contributed by atoms with van der Waals surface area (Å²) >= 11 is 11.9. The summed E-state index contributed by atoms with van der Waals surface area (Å²) < 4.78 is 4.63. The molecule has 5 heteroatoms. The molecule has 0 heterocycles. The molecule has 0 aliphatic heterocycles. The minimum atomic E-state index is -0.369. The smallest absolute Gasteiger partial charge is 0.337 e. The third kappa shape index (κ3) is 3.38. The van der Waals surface area contributed by atoms with Gasteiger partial charge in [-0.05, 0) is 29.8 Å². The quantitative estimate of drug-likeness (QED) is 0.617. The van der Waals surface area contributed by atoms with E-state index < -0.39 is 0 Å². The summed E-state index contributed by atoms with van der Waals surface area (Å²) in [6.45, 7) is 0. The normalized spacial score (nSPS) is 10.8. The van der Waals surface area contributed by atoms with E-state index in [0.717, 1.165) is 5.56 Å². The molecule has 0 aliphatic carbocycles. The summed E-state index contributed by atoms with van der Waals surface area (Å²) in [5, 5.41) is 0.874. The summed E-state index contributed by atoms with van der Waals surface area (Å²) in [7, 11) is 1.35. The van der Waals surface area contributed by atoms with E-state index in [2.05, 4.69) is 9.73 Å². The summed E-state index contributed by atoms with van der Waals surface area (Å²) in [5.74, 6) is -0.369. The summed E-state index contributed by atoms with van der Waals surface area (Å²) in [5.41, 5.74) is 1.93. The maximum absolute atomic E-state index is 11.3. The zero-order valence-electron chi connectivity index (χ0n) is 10.6. The largest absolute Gasteiger partial charge is 0.465 e. The lowest BCUT2D eigenvalue weighted by molar-refractivity contribution is 0.0601. The van der Waals surface area contributed by atoms with Crippen LogP contribution in [0.4, 0.5) is 5.69 Å². The fourth-order valence-corrected chi connectivity index (χ4v) is 1.90. The number of benzene rings is 2. The Balaban J connectivity index is 2.19. The van der Waals surface area contributed by atoms with Gasteiger partial charge in [-0.1, -0.05) is 41.4 Å². The number of esters is 1. The van der Waals surface area contributed by atoms with Crippen LogP contribution in [0.25, 0.3) is 0 Å². The number of ether oxygens (including phenoxy) is 1. The Morgan fingerprint density at radius 3 is 2.50 bits per heavy atom. The molecule has 2 rings (SSSR count). The monoisotopic (exact) mass is 307 g/mol. The molecule has 20 heavy (non-hydrogen) atoms. The van der Waals surface area contributed by atoms with E-state index in [1.807, 2.05) is 0 Å². The van der Waals surface area contributed by atoms with Gasteiger partial charge in [-0.3, -0.25) is 4.99 Å². The number of hydrogen-bond acceptors (Lipinski definition) is 3. The number of carbonyl (C=O) groups excluding carboxylic acids is 1. The van der Waals surface area contributed by atoms with Gasteiger partial charge < -0.3 is 4.74 Å². The van der Waals surface area contributed by atoms with Crippen LogP contribution in [0.15, 0.2) is 47.5 Å². The highest BCUT2D eigenvalue weighted by molar-refractivity contribution is 6.43. The van der Waals surface area contributed by atoms with Gasteiger partial charge in [0, 0.05) is 6.21 Å². The Kier molecular flexibility index (Phi) is 4.77. The van der Waals surface area contributed by atoms with Gasteiger partial charge in [0.1, 0.15) is 0 Å². The Labute approximate surface area is 126 Å². The first-order chi connectivity index (χ1) is 9.61. The fourth-order valence-electron chi connectivity index (χ4n) is 1.56. The van der Waals surface area contributed by atoms with Crippen molar-refractivity contribution in [1.82, 2.24) is 0 Å². The van der Waals surface area contributed by atoms with E-state index in [1.54, 1.807) is 48.7 Å². The molecule has 102 valence electrons. The van der Waals surface area contributed by atoms with Crippen LogP contribution in [0.1, 0.15) is 15.9 Å². The molecule has 0 aliphatic rings. The van der Waals surface area contributed by atoms with E-state index in [-0.39, 0.29) is 5.97 Å². The summed E-state index contributed by atoms with van der Waals surface area (Å²) in [6, 6.07) is 12.1. The molecule has 0 saturated carbocycles. The molecule has 0 atom stereocenters. The van der Waals surface area contributed by atoms with Gasteiger partial charge >= 0.3 is 5.97 Å². The second kappa shape index (κ2) is 6.55. The van der Waals surface area contributed by atoms with Crippen LogP contribution in [-0.4, -0.2) is 19.3 Å². The third-order valence-corrected chi connectivity index (χ3v) is 3.42. The first-order valence-electron chi connectivity index (χ1n) is 5.78. The molecule has 0 amide bonds. The Bertz CT molecular complexity index is 651. The van der Waals surface area contributed by atoms with E-state index >= 15 is 0 Å². The zero-order valence-corrected chi connectivity index (χ0v) is 12.2. The van der Waals surface area contributed by atoms with Crippen LogP contribution >= 0.6 is 23.2 Å². The van der Waals surface area contributed by atoms with Crippen LogP contribution in [-0.2, 0) is 4.74 Å². The number of methoxy groups -OCH3 is 1. The number of halogens is 2. The Morgan fingerprint density at radius 1 is 1.15 bits per heavy atom. The molecular weight excluding hydrogens is 297 g/mol. The van der Waals surface area contributed by atoms with Gasteiger partial charge in [0.05, 0.1) is 28.4 Å². The highest BCUT2D eigenvalue weighted by Gasteiger charge is 2.04. The van der Waals surface area contributed by atoms with E-state index in [9.17, 15) is 4.79 Å². The zero-order chi connectivity index (χ0) is 14.5. The average molecular weight is 308 g/mol. The van der Waals surface area contributed by atoms with Gasteiger partial charge in [-0.25, -0.2) is 4.79 Å². The van der Waals surface area contributed by atoms with E-state index in [1.165, 1.54) is 7.11 Å². The molecule has 2 aromatic carbocycles. The number of aliphatic imine (C=N–C) groups is 1. The van der Waals surface area contributed by atoms with Crippen molar-refractivity contribution in [3.63, 3.8) is 0 Å². The van der Waals surface area contributed by atoms with Crippen molar-refractivity contribution in [2.75, 3.05) is 7.11 Å². The molecule has 2 aromatic rings. The van der Waals surface area contributed by atoms with Crippen molar-refractivity contribution in [3.8, 4) is 0 Å². The molecule has 0 saturated heterocycles. The summed E-state index contributed by atoms with van der Waals surface area (Å²) in [4.78, 5) is 15.6. The molecule has 0 spiro atoms. The van der Waals surface area contributed by atoms with E-state index in [4.69, 9.17) is 23.2 Å². The van der Waals surface area contributed by atoms with Crippen molar-refractivity contribution in [3.05, 3.63) is 63.6 Å². The van der Waals surface area contributed by atoms with Gasteiger partial charge in [0.25, 0.3) is 0 Å². The molecule has 0 bridgehead atoms. The number of rotatable bonds is 3.